The Balaban J connectivity index is 2.42. The molecule has 21 heavy (non-hydrogen) atoms. The van der Waals surface area contributed by atoms with E-state index in [1.165, 1.54) is 25.7 Å². The average molecular weight is 299 g/mol. The quantitative estimate of drug-likeness (QED) is 0.563. The molecule has 0 N–H and O–H groups in total. The summed E-state index contributed by atoms with van der Waals surface area (Å²) in [6.45, 7) is 15.4. The third-order valence-electron chi connectivity index (χ3n) is 5.04. The van der Waals surface area contributed by atoms with Crippen molar-refractivity contribution in [2.45, 2.75) is 91.8 Å². The van der Waals surface area contributed by atoms with Gasteiger partial charge in [-0.15, -0.1) is 0 Å². The average Bonchev–Trinajstić information content (AvgIpc) is 2.43. The molecule has 1 rings (SSSR count). The molecule has 0 spiro atoms. The van der Waals surface area contributed by atoms with Gasteiger partial charge in [-0.3, -0.25) is 0 Å². The van der Waals surface area contributed by atoms with Gasteiger partial charge >= 0.3 is 0 Å². The van der Waals surface area contributed by atoms with Crippen molar-refractivity contribution < 1.29 is 9.47 Å². The monoisotopic (exact) mass is 298 g/mol. The maximum absolute atomic E-state index is 6.51. The van der Waals surface area contributed by atoms with E-state index in [4.69, 9.17) is 9.47 Å². The molecule has 0 amide bonds. The Morgan fingerprint density at radius 1 is 1.19 bits per heavy atom. The van der Waals surface area contributed by atoms with Gasteiger partial charge in [0, 0.05) is 13.2 Å². The largest absolute Gasteiger partial charge is 0.379 e. The van der Waals surface area contributed by atoms with Crippen molar-refractivity contribution in [3.05, 3.63) is 0 Å². The lowest BCUT2D eigenvalue weighted by molar-refractivity contribution is -0.123. The Bertz CT molecular complexity index is 277. The topological polar surface area (TPSA) is 18.5 Å². The summed E-state index contributed by atoms with van der Waals surface area (Å²) in [5.41, 5.74) is 0.124. The third-order valence-corrected chi connectivity index (χ3v) is 5.04. The van der Waals surface area contributed by atoms with Crippen LogP contribution in [0.5, 0.6) is 0 Å². The summed E-state index contributed by atoms with van der Waals surface area (Å²) in [6, 6.07) is 0. The molecule has 2 heteroatoms. The molecule has 126 valence electrons. The van der Waals surface area contributed by atoms with Gasteiger partial charge in [0.15, 0.2) is 0 Å². The summed E-state index contributed by atoms with van der Waals surface area (Å²) in [7, 11) is 0. The van der Waals surface area contributed by atoms with Crippen molar-refractivity contribution in [2.75, 3.05) is 13.2 Å². The molecule has 0 bridgehead atoms. The number of hydrogen-bond acceptors (Lipinski definition) is 2. The van der Waals surface area contributed by atoms with Crippen molar-refractivity contribution in [3.8, 4) is 0 Å². The SMILES string of the molecule is CCCOC(C)CC(C)COC1(C(C)C)CCCC(C)C1. The fourth-order valence-corrected chi connectivity index (χ4v) is 3.70. The van der Waals surface area contributed by atoms with Crippen molar-refractivity contribution >= 4 is 0 Å². The fourth-order valence-electron chi connectivity index (χ4n) is 3.70. The number of ether oxygens (including phenoxy) is 2. The molecule has 0 heterocycles. The van der Waals surface area contributed by atoms with E-state index in [0.717, 1.165) is 32.0 Å². The molecule has 0 aromatic heterocycles. The van der Waals surface area contributed by atoms with Crippen LogP contribution in [0.15, 0.2) is 0 Å². The fraction of sp³-hybridized carbons (Fsp3) is 1.00. The molecule has 4 atom stereocenters. The Morgan fingerprint density at radius 3 is 2.48 bits per heavy atom. The summed E-state index contributed by atoms with van der Waals surface area (Å²) in [5, 5.41) is 0. The van der Waals surface area contributed by atoms with E-state index in [1.54, 1.807) is 0 Å². The molecule has 1 fully saturated rings. The first-order valence-corrected chi connectivity index (χ1v) is 9.15. The maximum atomic E-state index is 6.51. The van der Waals surface area contributed by atoms with Crippen molar-refractivity contribution in [2.24, 2.45) is 17.8 Å². The lowest BCUT2D eigenvalue weighted by Crippen LogP contribution is -2.43. The molecule has 1 aliphatic carbocycles. The van der Waals surface area contributed by atoms with Gasteiger partial charge < -0.3 is 9.47 Å². The second-order valence-electron chi connectivity index (χ2n) is 7.75. The summed E-state index contributed by atoms with van der Waals surface area (Å²) in [5.74, 6) is 1.99. The van der Waals surface area contributed by atoms with Gasteiger partial charge in [0.25, 0.3) is 0 Å². The molecule has 0 radical (unpaired) electrons. The molecule has 0 aliphatic heterocycles. The molecule has 1 aliphatic rings. The van der Waals surface area contributed by atoms with Gasteiger partial charge in [0.05, 0.1) is 11.7 Å². The highest BCUT2D eigenvalue weighted by molar-refractivity contribution is 4.90. The minimum atomic E-state index is 0.124. The first-order valence-electron chi connectivity index (χ1n) is 9.15. The van der Waals surface area contributed by atoms with Gasteiger partial charge in [-0.25, -0.2) is 0 Å². The summed E-state index contributed by atoms with van der Waals surface area (Å²) in [6.07, 6.45) is 7.72. The Kier molecular flexibility index (Phi) is 8.26. The van der Waals surface area contributed by atoms with Crippen LogP contribution >= 0.6 is 0 Å². The second-order valence-corrected chi connectivity index (χ2v) is 7.75. The van der Waals surface area contributed by atoms with Crippen LogP contribution in [-0.2, 0) is 9.47 Å². The van der Waals surface area contributed by atoms with Crippen molar-refractivity contribution in [1.29, 1.82) is 0 Å². The standard InChI is InChI=1S/C19H38O2/c1-7-11-20-18(6)12-17(5)14-21-19(15(2)3)10-8-9-16(4)13-19/h15-18H,7-14H2,1-6H3. The summed E-state index contributed by atoms with van der Waals surface area (Å²) in [4.78, 5) is 0. The van der Waals surface area contributed by atoms with E-state index in [0.29, 0.717) is 17.9 Å². The van der Waals surface area contributed by atoms with E-state index in [2.05, 4.69) is 41.5 Å². The predicted octanol–water partition coefficient (Wildman–Crippen LogP) is 5.45. The van der Waals surface area contributed by atoms with Crippen LogP contribution in [0.25, 0.3) is 0 Å². The highest BCUT2D eigenvalue weighted by atomic mass is 16.5. The van der Waals surface area contributed by atoms with Crippen LogP contribution in [0, 0.1) is 17.8 Å². The van der Waals surface area contributed by atoms with E-state index in [-0.39, 0.29) is 5.60 Å². The zero-order valence-corrected chi connectivity index (χ0v) is 15.3. The molecule has 0 aromatic carbocycles. The summed E-state index contributed by atoms with van der Waals surface area (Å²) >= 11 is 0. The van der Waals surface area contributed by atoms with E-state index in [1.807, 2.05) is 0 Å². The van der Waals surface area contributed by atoms with E-state index in [9.17, 15) is 0 Å². The molecular weight excluding hydrogens is 260 g/mol. The molecule has 0 saturated heterocycles. The highest BCUT2D eigenvalue weighted by Crippen LogP contribution is 2.40. The van der Waals surface area contributed by atoms with Gasteiger partial charge in [-0.05, 0) is 50.4 Å². The van der Waals surface area contributed by atoms with Crippen LogP contribution in [0.3, 0.4) is 0 Å². The smallest absolute Gasteiger partial charge is 0.0708 e. The van der Waals surface area contributed by atoms with Crippen molar-refractivity contribution in [3.63, 3.8) is 0 Å². The Labute approximate surface area is 133 Å². The van der Waals surface area contributed by atoms with Crippen molar-refractivity contribution in [1.82, 2.24) is 0 Å². The van der Waals surface area contributed by atoms with Crippen LogP contribution < -0.4 is 0 Å². The first-order chi connectivity index (χ1) is 9.89. The van der Waals surface area contributed by atoms with E-state index >= 15 is 0 Å². The normalized spacial score (nSPS) is 29.6. The first kappa shape index (κ1) is 19.0. The molecule has 4 unspecified atom stereocenters. The molecule has 1 saturated carbocycles. The predicted molar refractivity (Wildman–Crippen MR) is 90.6 cm³/mol. The summed E-state index contributed by atoms with van der Waals surface area (Å²) < 4.78 is 12.3. The Morgan fingerprint density at radius 2 is 1.90 bits per heavy atom. The Hall–Kier alpha value is -0.0800. The van der Waals surface area contributed by atoms with Gasteiger partial charge in [-0.1, -0.05) is 47.5 Å². The van der Waals surface area contributed by atoms with Gasteiger partial charge in [0.2, 0.25) is 0 Å². The molecule has 2 nitrogen and oxygen atoms in total. The third kappa shape index (κ3) is 6.28. The van der Waals surface area contributed by atoms with E-state index < -0.39 is 0 Å². The van der Waals surface area contributed by atoms with Crippen LogP contribution in [0.1, 0.15) is 80.1 Å². The maximum Gasteiger partial charge on any atom is 0.0708 e. The second kappa shape index (κ2) is 9.15. The lowest BCUT2D eigenvalue weighted by Gasteiger charge is -2.44. The minimum absolute atomic E-state index is 0.124. The zero-order valence-electron chi connectivity index (χ0n) is 15.3. The van der Waals surface area contributed by atoms with Gasteiger partial charge in [-0.2, -0.15) is 0 Å². The van der Waals surface area contributed by atoms with Crippen LogP contribution in [0.2, 0.25) is 0 Å². The van der Waals surface area contributed by atoms with Crippen LogP contribution in [-0.4, -0.2) is 24.9 Å². The van der Waals surface area contributed by atoms with Crippen LogP contribution in [0.4, 0.5) is 0 Å². The zero-order chi connectivity index (χ0) is 15.9. The molecule has 0 aromatic rings. The highest BCUT2D eigenvalue weighted by Gasteiger charge is 2.38. The lowest BCUT2D eigenvalue weighted by atomic mass is 9.73. The number of rotatable bonds is 9. The van der Waals surface area contributed by atoms with Gasteiger partial charge in [0.1, 0.15) is 0 Å². The molecular formula is C19H38O2. The minimum Gasteiger partial charge on any atom is -0.379 e. The number of hydrogen-bond donors (Lipinski definition) is 0.